The monoisotopic (exact) mass is 296 g/mol. The first kappa shape index (κ1) is 11.6. The molecule has 88 valence electrons. The lowest BCUT2D eigenvalue weighted by Crippen LogP contribution is -2.00. The molecule has 1 heterocycles. The first-order chi connectivity index (χ1) is 8.16. The summed E-state index contributed by atoms with van der Waals surface area (Å²) in [6, 6.07) is 4.90. The van der Waals surface area contributed by atoms with Crippen molar-refractivity contribution in [1.29, 1.82) is 0 Å². The van der Waals surface area contributed by atoms with Crippen LogP contribution in [0.15, 0.2) is 35.2 Å². The fraction of sp³-hybridized carbons (Fsp3) is 0.100. The Hall–Kier alpha value is -1.89. The Morgan fingerprint density at radius 2 is 2.35 bits per heavy atom. The third kappa shape index (κ3) is 2.82. The third-order valence-corrected chi connectivity index (χ3v) is 2.85. The van der Waals surface area contributed by atoms with Gasteiger partial charge in [0.05, 0.1) is 28.0 Å². The largest absolute Gasteiger partial charge is 0.379 e. The molecule has 6 nitrogen and oxygen atoms in total. The molecule has 0 atom stereocenters. The molecule has 0 saturated heterocycles. The number of aromatic nitrogens is 2. The van der Waals surface area contributed by atoms with Crippen LogP contribution in [0, 0.1) is 10.1 Å². The van der Waals surface area contributed by atoms with E-state index in [0.29, 0.717) is 16.7 Å². The molecule has 1 aromatic heterocycles. The number of hydrogen-bond donors (Lipinski definition) is 2. The summed E-state index contributed by atoms with van der Waals surface area (Å²) in [5.74, 6) is 0. The van der Waals surface area contributed by atoms with Crippen molar-refractivity contribution in [3.05, 3.63) is 51.0 Å². The molecule has 0 bridgehead atoms. The summed E-state index contributed by atoms with van der Waals surface area (Å²) >= 11 is 3.14. The number of anilines is 1. The van der Waals surface area contributed by atoms with Crippen molar-refractivity contribution in [1.82, 2.24) is 9.97 Å². The van der Waals surface area contributed by atoms with Crippen LogP contribution >= 0.6 is 15.9 Å². The fourth-order valence-corrected chi connectivity index (χ4v) is 1.73. The van der Waals surface area contributed by atoms with E-state index in [4.69, 9.17) is 0 Å². The van der Waals surface area contributed by atoms with E-state index in [-0.39, 0.29) is 5.69 Å². The van der Waals surface area contributed by atoms with Gasteiger partial charge in [-0.05, 0) is 28.1 Å². The molecule has 0 saturated carbocycles. The van der Waals surface area contributed by atoms with E-state index in [1.54, 1.807) is 24.7 Å². The van der Waals surface area contributed by atoms with Crippen molar-refractivity contribution in [2.45, 2.75) is 6.54 Å². The Kier molecular flexibility index (Phi) is 3.38. The molecule has 0 aliphatic rings. The molecule has 0 aliphatic heterocycles. The normalized spacial score (nSPS) is 10.2. The van der Waals surface area contributed by atoms with Gasteiger partial charge in [0.1, 0.15) is 0 Å². The summed E-state index contributed by atoms with van der Waals surface area (Å²) in [6.45, 7) is 0.540. The Balaban J connectivity index is 2.11. The molecule has 0 radical (unpaired) electrons. The van der Waals surface area contributed by atoms with Crippen LogP contribution in [0.1, 0.15) is 5.69 Å². The van der Waals surface area contributed by atoms with Crippen molar-refractivity contribution in [3.63, 3.8) is 0 Å². The number of H-pyrrole nitrogens is 1. The molecular weight excluding hydrogens is 288 g/mol. The summed E-state index contributed by atoms with van der Waals surface area (Å²) in [4.78, 5) is 17.1. The Labute approximate surface area is 105 Å². The maximum absolute atomic E-state index is 10.7. The molecule has 17 heavy (non-hydrogen) atoms. The summed E-state index contributed by atoms with van der Waals surface area (Å²) < 4.78 is 0.467. The standard InChI is InChI=1S/C10H9BrN4O2/c11-9-2-1-7(3-10(9)15(16)17)13-5-8-4-12-6-14-8/h1-4,6,13H,5H2,(H,12,14). The van der Waals surface area contributed by atoms with Gasteiger partial charge in [0.25, 0.3) is 5.69 Å². The molecule has 2 N–H and O–H groups in total. The van der Waals surface area contributed by atoms with Gasteiger partial charge >= 0.3 is 0 Å². The lowest BCUT2D eigenvalue weighted by molar-refractivity contribution is -0.385. The highest BCUT2D eigenvalue weighted by atomic mass is 79.9. The van der Waals surface area contributed by atoms with Gasteiger partial charge in [0.15, 0.2) is 0 Å². The Morgan fingerprint density at radius 1 is 1.53 bits per heavy atom. The Morgan fingerprint density at radius 3 is 3.00 bits per heavy atom. The number of nitro benzene ring substituents is 1. The number of nitrogens with one attached hydrogen (secondary N) is 2. The van der Waals surface area contributed by atoms with Crippen LogP contribution in [0.4, 0.5) is 11.4 Å². The van der Waals surface area contributed by atoms with Gasteiger partial charge in [0, 0.05) is 18.0 Å². The minimum Gasteiger partial charge on any atom is -0.379 e. The lowest BCUT2D eigenvalue weighted by Gasteiger charge is -2.05. The SMILES string of the molecule is O=[N+]([O-])c1cc(NCc2cnc[nH]2)ccc1Br. The second-order valence-electron chi connectivity index (χ2n) is 3.35. The molecule has 0 unspecified atom stereocenters. The number of rotatable bonds is 4. The van der Waals surface area contributed by atoms with E-state index in [1.165, 1.54) is 6.07 Å². The summed E-state index contributed by atoms with van der Waals surface area (Å²) in [7, 11) is 0. The molecule has 7 heteroatoms. The molecule has 2 aromatic rings. The molecular formula is C10H9BrN4O2. The van der Waals surface area contributed by atoms with Gasteiger partial charge < -0.3 is 10.3 Å². The quantitative estimate of drug-likeness (QED) is 0.671. The van der Waals surface area contributed by atoms with E-state index < -0.39 is 4.92 Å². The van der Waals surface area contributed by atoms with Gasteiger partial charge in [-0.25, -0.2) is 4.98 Å². The third-order valence-electron chi connectivity index (χ3n) is 2.18. The molecule has 0 fully saturated rings. The van der Waals surface area contributed by atoms with Gasteiger partial charge in [-0.3, -0.25) is 10.1 Å². The smallest absolute Gasteiger partial charge is 0.285 e. The predicted molar refractivity (Wildman–Crippen MR) is 66.7 cm³/mol. The first-order valence-corrected chi connectivity index (χ1v) is 5.61. The van der Waals surface area contributed by atoms with E-state index in [9.17, 15) is 10.1 Å². The zero-order valence-corrected chi connectivity index (χ0v) is 10.3. The second kappa shape index (κ2) is 4.96. The average Bonchev–Trinajstić information content (AvgIpc) is 2.80. The van der Waals surface area contributed by atoms with Crippen LogP contribution in [-0.4, -0.2) is 14.9 Å². The van der Waals surface area contributed by atoms with Gasteiger partial charge in [0.2, 0.25) is 0 Å². The maximum atomic E-state index is 10.7. The lowest BCUT2D eigenvalue weighted by atomic mass is 10.3. The van der Waals surface area contributed by atoms with Crippen LogP contribution in [0.3, 0.4) is 0 Å². The van der Waals surface area contributed by atoms with Crippen LogP contribution in [-0.2, 0) is 6.54 Å². The van der Waals surface area contributed by atoms with Crippen LogP contribution < -0.4 is 5.32 Å². The number of nitro groups is 1. The van der Waals surface area contributed by atoms with E-state index >= 15 is 0 Å². The summed E-state index contributed by atoms with van der Waals surface area (Å²) in [5, 5.41) is 13.8. The van der Waals surface area contributed by atoms with Crippen LogP contribution in [0.2, 0.25) is 0 Å². The number of aromatic amines is 1. The minimum absolute atomic E-state index is 0.0413. The molecule has 0 aliphatic carbocycles. The highest BCUT2D eigenvalue weighted by molar-refractivity contribution is 9.10. The van der Waals surface area contributed by atoms with Crippen molar-refractivity contribution in [2.24, 2.45) is 0 Å². The van der Waals surface area contributed by atoms with E-state index in [0.717, 1.165) is 5.69 Å². The van der Waals surface area contributed by atoms with Gasteiger partial charge in [-0.1, -0.05) is 0 Å². The van der Waals surface area contributed by atoms with Crippen molar-refractivity contribution in [2.75, 3.05) is 5.32 Å². The first-order valence-electron chi connectivity index (χ1n) is 4.82. The maximum Gasteiger partial charge on any atom is 0.285 e. The van der Waals surface area contributed by atoms with Gasteiger partial charge in [-0.2, -0.15) is 0 Å². The van der Waals surface area contributed by atoms with E-state index in [2.05, 4.69) is 31.2 Å². The molecule has 2 rings (SSSR count). The Bertz CT molecular complexity index is 527. The van der Waals surface area contributed by atoms with Crippen molar-refractivity contribution < 1.29 is 4.92 Å². The van der Waals surface area contributed by atoms with Crippen molar-refractivity contribution in [3.8, 4) is 0 Å². The molecule has 0 spiro atoms. The zero-order chi connectivity index (χ0) is 12.3. The number of nitrogens with zero attached hydrogens (tertiary/aromatic N) is 2. The zero-order valence-electron chi connectivity index (χ0n) is 8.68. The second-order valence-corrected chi connectivity index (χ2v) is 4.21. The van der Waals surface area contributed by atoms with Crippen LogP contribution in [0.5, 0.6) is 0 Å². The number of halogens is 1. The highest BCUT2D eigenvalue weighted by Crippen LogP contribution is 2.27. The number of imidazole rings is 1. The fourth-order valence-electron chi connectivity index (χ4n) is 1.34. The minimum atomic E-state index is -0.425. The van der Waals surface area contributed by atoms with E-state index in [1.807, 2.05) is 0 Å². The van der Waals surface area contributed by atoms with Crippen LogP contribution in [0.25, 0.3) is 0 Å². The summed E-state index contributed by atoms with van der Waals surface area (Å²) in [5.41, 5.74) is 1.64. The summed E-state index contributed by atoms with van der Waals surface area (Å²) in [6.07, 6.45) is 3.28. The van der Waals surface area contributed by atoms with Crippen molar-refractivity contribution >= 4 is 27.3 Å². The highest BCUT2D eigenvalue weighted by Gasteiger charge is 2.11. The predicted octanol–water partition coefficient (Wildman–Crippen LogP) is 2.69. The molecule has 0 amide bonds. The molecule has 1 aromatic carbocycles. The average molecular weight is 297 g/mol. The number of hydrogen-bond acceptors (Lipinski definition) is 4. The number of benzene rings is 1. The van der Waals surface area contributed by atoms with Gasteiger partial charge in [-0.15, -0.1) is 0 Å². The topological polar surface area (TPSA) is 83.8 Å².